The van der Waals surface area contributed by atoms with Gasteiger partial charge in [-0.05, 0) is 60.2 Å². The molecule has 30 heavy (non-hydrogen) atoms. The number of ether oxygens (including phenoxy) is 2. The molecule has 2 aromatic carbocycles. The quantitative estimate of drug-likeness (QED) is 0.284. The zero-order valence-corrected chi connectivity index (χ0v) is 16.8. The topological polar surface area (TPSA) is 105 Å². The number of furan rings is 1. The van der Waals surface area contributed by atoms with Gasteiger partial charge in [0.15, 0.2) is 16.6 Å². The summed E-state index contributed by atoms with van der Waals surface area (Å²) in [5.74, 6) is 0.101. The number of thiocarbonyl (C=S) groups is 1. The molecule has 0 saturated carbocycles. The molecule has 1 aromatic heterocycles. The Labute approximate surface area is 178 Å². The summed E-state index contributed by atoms with van der Waals surface area (Å²) in [4.78, 5) is 10.9. The van der Waals surface area contributed by atoms with Crippen molar-refractivity contribution < 1.29 is 23.8 Å². The van der Waals surface area contributed by atoms with E-state index in [0.29, 0.717) is 22.4 Å². The van der Waals surface area contributed by atoms with Gasteiger partial charge in [-0.15, -0.1) is 0 Å². The molecule has 0 spiro atoms. The summed E-state index contributed by atoms with van der Waals surface area (Å²) < 4.78 is 16.2. The molecule has 0 atom stereocenters. The predicted octanol–water partition coefficient (Wildman–Crippen LogP) is 3.89. The Kier molecular flexibility index (Phi) is 7.01. The minimum absolute atomic E-state index is 0.0675. The van der Waals surface area contributed by atoms with Crippen molar-refractivity contribution in [3.63, 3.8) is 0 Å². The highest BCUT2D eigenvalue weighted by Gasteiger charge is 2.11. The molecule has 0 bridgehead atoms. The summed E-state index contributed by atoms with van der Waals surface area (Å²) in [6.07, 6.45) is 1.59. The van der Waals surface area contributed by atoms with Crippen LogP contribution in [0.3, 0.4) is 0 Å². The third kappa shape index (κ3) is 5.82. The summed E-state index contributed by atoms with van der Waals surface area (Å²) in [6, 6.07) is 17.7. The first kappa shape index (κ1) is 20.9. The number of nitrogens with zero attached hydrogens (tertiary/aromatic N) is 1. The highest BCUT2D eigenvalue weighted by Crippen LogP contribution is 2.28. The predicted molar refractivity (Wildman–Crippen MR) is 116 cm³/mol. The van der Waals surface area contributed by atoms with E-state index in [9.17, 15) is 4.79 Å². The van der Waals surface area contributed by atoms with E-state index in [1.54, 1.807) is 30.5 Å². The van der Waals surface area contributed by atoms with Crippen LogP contribution in [0.1, 0.15) is 21.9 Å². The number of nitrogens with one attached hydrogen (secondary N) is 2. The van der Waals surface area contributed by atoms with Crippen LogP contribution in [0.25, 0.3) is 0 Å². The minimum atomic E-state index is -1.13. The lowest BCUT2D eigenvalue weighted by atomic mass is 10.2. The van der Waals surface area contributed by atoms with Gasteiger partial charge in [0.25, 0.3) is 0 Å². The van der Waals surface area contributed by atoms with E-state index < -0.39 is 5.97 Å². The minimum Gasteiger partial charge on any atom is -0.493 e. The van der Waals surface area contributed by atoms with Crippen LogP contribution >= 0.6 is 12.2 Å². The molecule has 0 radical (unpaired) electrons. The number of benzene rings is 2. The van der Waals surface area contributed by atoms with Gasteiger partial charge in [0.2, 0.25) is 5.76 Å². The van der Waals surface area contributed by atoms with Crippen LogP contribution in [0, 0.1) is 0 Å². The van der Waals surface area contributed by atoms with Gasteiger partial charge in [0.05, 0.1) is 13.3 Å². The van der Waals surface area contributed by atoms with Crippen molar-refractivity contribution in [2.45, 2.75) is 6.61 Å². The second kappa shape index (κ2) is 10.1. The third-order valence-electron chi connectivity index (χ3n) is 3.84. The number of carbonyl (C=O) groups is 1. The highest BCUT2D eigenvalue weighted by atomic mass is 32.1. The SMILES string of the molecule is COc1cc(C=NNC(=S)Nc2ccccc2)ccc1OCc1ccc(C(=O)O)o1. The van der Waals surface area contributed by atoms with Crippen molar-refractivity contribution in [3.8, 4) is 11.5 Å². The summed E-state index contributed by atoms with van der Waals surface area (Å²) in [5, 5.41) is 16.4. The zero-order chi connectivity index (χ0) is 21.3. The molecule has 154 valence electrons. The molecule has 0 saturated heterocycles. The van der Waals surface area contributed by atoms with E-state index in [1.807, 2.05) is 30.3 Å². The van der Waals surface area contributed by atoms with Crippen molar-refractivity contribution in [2.24, 2.45) is 5.10 Å². The molecule has 0 fully saturated rings. The number of methoxy groups -OCH3 is 1. The summed E-state index contributed by atoms with van der Waals surface area (Å²) in [5.41, 5.74) is 4.37. The Bertz CT molecular complexity index is 1050. The number of anilines is 1. The fourth-order valence-corrected chi connectivity index (χ4v) is 2.62. The van der Waals surface area contributed by atoms with Gasteiger partial charge in [-0.2, -0.15) is 5.10 Å². The molecule has 0 unspecified atom stereocenters. The molecule has 0 aliphatic carbocycles. The summed E-state index contributed by atoms with van der Waals surface area (Å²) >= 11 is 5.19. The molecule has 3 aromatic rings. The first-order valence-electron chi connectivity index (χ1n) is 8.83. The fourth-order valence-electron chi connectivity index (χ4n) is 2.45. The molecule has 0 aliphatic heterocycles. The largest absolute Gasteiger partial charge is 0.493 e. The van der Waals surface area contributed by atoms with Gasteiger partial charge in [0, 0.05) is 5.69 Å². The molecule has 0 amide bonds. The van der Waals surface area contributed by atoms with Crippen molar-refractivity contribution in [1.82, 2.24) is 5.43 Å². The molecule has 3 rings (SSSR count). The van der Waals surface area contributed by atoms with Crippen molar-refractivity contribution in [2.75, 3.05) is 12.4 Å². The first-order valence-corrected chi connectivity index (χ1v) is 9.24. The second-order valence-corrected chi connectivity index (χ2v) is 6.37. The molecule has 0 aliphatic rings. The lowest BCUT2D eigenvalue weighted by Gasteiger charge is -2.10. The fraction of sp³-hybridized carbons (Fsp3) is 0.0952. The number of carboxylic acid groups (broad SMARTS) is 1. The molecular weight excluding hydrogens is 406 g/mol. The molecule has 9 heteroatoms. The molecule has 1 heterocycles. The maximum absolute atomic E-state index is 10.9. The normalized spacial score (nSPS) is 10.6. The monoisotopic (exact) mass is 425 g/mol. The van der Waals surface area contributed by atoms with E-state index in [-0.39, 0.29) is 12.4 Å². The van der Waals surface area contributed by atoms with Gasteiger partial charge >= 0.3 is 5.97 Å². The highest BCUT2D eigenvalue weighted by molar-refractivity contribution is 7.80. The van der Waals surface area contributed by atoms with Crippen LogP contribution in [0.15, 0.2) is 70.2 Å². The lowest BCUT2D eigenvalue weighted by molar-refractivity contribution is 0.0658. The Balaban J connectivity index is 1.57. The van der Waals surface area contributed by atoms with Gasteiger partial charge in [0.1, 0.15) is 12.4 Å². The average molecular weight is 425 g/mol. The van der Waals surface area contributed by atoms with Crippen LogP contribution in [-0.2, 0) is 6.61 Å². The number of rotatable bonds is 8. The van der Waals surface area contributed by atoms with Crippen molar-refractivity contribution >= 4 is 35.2 Å². The van der Waals surface area contributed by atoms with Crippen molar-refractivity contribution in [1.29, 1.82) is 0 Å². The van der Waals surface area contributed by atoms with Crippen LogP contribution in [0.2, 0.25) is 0 Å². The molecule has 8 nitrogen and oxygen atoms in total. The summed E-state index contributed by atoms with van der Waals surface area (Å²) in [7, 11) is 1.52. The van der Waals surface area contributed by atoms with Crippen LogP contribution in [0.5, 0.6) is 11.5 Å². The van der Waals surface area contributed by atoms with E-state index in [2.05, 4.69) is 15.8 Å². The Morgan fingerprint density at radius 2 is 1.97 bits per heavy atom. The zero-order valence-electron chi connectivity index (χ0n) is 16.0. The summed E-state index contributed by atoms with van der Waals surface area (Å²) in [6.45, 7) is 0.0675. The van der Waals surface area contributed by atoms with Gasteiger partial charge in [-0.3, -0.25) is 5.43 Å². The lowest BCUT2D eigenvalue weighted by Crippen LogP contribution is -2.23. The maximum atomic E-state index is 10.9. The van der Waals surface area contributed by atoms with E-state index in [0.717, 1.165) is 11.3 Å². The Hall–Kier alpha value is -3.85. The van der Waals surface area contributed by atoms with E-state index in [4.69, 9.17) is 31.2 Å². The average Bonchev–Trinajstić information content (AvgIpc) is 3.23. The van der Waals surface area contributed by atoms with Crippen LogP contribution in [-0.4, -0.2) is 29.5 Å². The van der Waals surface area contributed by atoms with Crippen LogP contribution in [0.4, 0.5) is 5.69 Å². The van der Waals surface area contributed by atoms with E-state index >= 15 is 0 Å². The number of hydrazone groups is 1. The molecule has 3 N–H and O–H groups in total. The number of aromatic carboxylic acids is 1. The molecular formula is C21H19N3O5S. The van der Waals surface area contributed by atoms with Crippen LogP contribution < -0.4 is 20.2 Å². The third-order valence-corrected chi connectivity index (χ3v) is 4.03. The second-order valence-electron chi connectivity index (χ2n) is 5.96. The number of hydrogen-bond donors (Lipinski definition) is 3. The van der Waals surface area contributed by atoms with Crippen molar-refractivity contribution in [3.05, 3.63) is 77.7 Å². The van der Waals surface area contributed by atoms with Gasteiger partial charge < -0.3 is 24.3 Å². The smallest absolute Gasteiger partial charge is 0.371 e. The van der Waals surface area contributed by atoms with Gasteiger partial charge in [-0.1, -0.05) is 18.2 Å². The first-order chi connectivity index (χ1) is 14.5. The standard InChI is InChI=1S/C21H19N3O5S/c1-27-19-11-14(12-22-24-21(30)23-15-5-3-2-4-6-15)7-9-17(19)28-13-16-8-10-18(29-16)20(25)26/h2-12H,13H2,1H3,(H,25,26)(H2,23,24,30). The Morgan fingerprint density at radius 3 is 2.67 bits per heavy atom. The Morgan fingerprint density at radius 1 is 1.17 bits per heavy atom. The maximum Gasteiger partial charge on any atom is 0.371 e. The van der Waals surface area contributed by atoms with Gasteiger partial charge in [-0.25, -0.2) is 4.79 Å². The van der Waals surface area contributed by atoms with E-state index in [1.165, 1.54) is 13.2 Å². The number of hydrogen-bond acceptors (Lipinski definition) is 6. The number of carboxylic acids is 1. The number of para-hydroxylation sites is 1.